The van der Waals surface area contributed by atoms with Gasteiger partial charge in [0.05, 0.1) is 42.1 Å². The molecule has 0 aliphatic carbocycles. The lowest BCUT2D eigenvalue weighted by Crippen LogP contribution is -2.52. The quantitative estimate of drug-likeness (QED) is 0.144. The maximum Gasteiger partial charge on any atom is 0.407 e. The summed E-state index contributed by atoms with van der Waals surface area (Å²) in [5.41, 5.74) is 6.62. The van der Waals surface area contributed by atoms with E-state index in [1.54, 1.807) is 0 Å². The lowest BCUT2D eigenvalue weighted by molar-refractivity contribution is -0.137. The van der Waals surface area contributed by atoms with Crippen LogP contribution in [-0.2, 0) is 16.1 Å². The van der Waals surface area contributed by atoms with Gasteiger partial charge in [-0.05, 0) is 84.4 Å². The number of aromatic nitrogens is 4. The summed E-state index contributed by atoms with van der Waals surface area (Å²) in [6.45, 7) is 8.80. The van der Waals surface area contributed by atoms with E-state index in [-0.39, 0.29) is 35.9 Å². The molecule has 0 spiro atoms. The molecule has 3 aliphatic heterocycles. The van der Waals surface area contributed by atoms with Crippen LogP contribution in [0.4, 0.5) is 9.59 Å². The average Bonchev–Trinajstić information content (AvgIpc) is 3.94. The van der Waals surface area contributed by atoms with E-state index in [0.717, 1.165) is 74.8 Å². The Morgan fingerprint density at radius 1 is 1.02 bits per heavy atom. The van der Waals surface area contributed by atoms with Gasteiger partial charge in [0.2, 0.25) is 5.91 Å². The number of imidazole rings is 2. The van der Waals surface area contributed by atoms with Crippen molar-refractivity contribution in [3.63, 3.8) is 0 Å². The van der Waals surface area contributed by atoms with Gasteiger partial charge in [-0.3, -0.25) is 9.69 Å². The minimum Gasteiger partial charge on any atom is -0.488 e. The first-order valence-corrected chi connectivity index (χ1v) is 17.9. The molecular weight excluding hydrogens is 662 g/mol. The van der Waals surface area contributed by atoms with Crippen molar-refractivity contribution in [3.05, 3.63) is 65.9 Å². The zero-order valence-electron chi connectivity index (χ0n) is 29.9. The number of hydrogen-bond donors (Lipinski definition) is 4. The van der Waals surface area contributed by atoms with E-state index in [1.807, 2.05) is 37.9 Å². The zero-order valence-corrected chi connectivity index (χ0v) is 29.9. The second-order valence-electron chi connectivity index (χ2n) is 14.8. The largest absolute Gasteiger partial charge is 0.488 e. The molecule has 2 saturated heterocycles. The highest BCUT2D eigenvalue weighted by atomic mass is 16.5. The molecule has 0 radical (unpaired) electrons. The Kier molecular flexibility index (Phi) is 8.31. The topological polar surface area (TPSA) is 166 Å². The Bertz CT molecular complexity index is 2230. The molecule has 52 heavy (non-hydrogen) atoms. The van der Waals surface area contributed by atoms with Gasteiger partial charge in [0.25, 0.3) is 0 Å². The Balaban J connectivity index is 1.06. The summed E-state index contributed by atoms with van der Waals surface area (Å²) in [7, 11) is 1.29. The molecule has 5 atom stereocenters. The van der Waals surface area contributed by atoms with Crippen LogP contribution in [0.25, 0.3) is 44.2 Å². The molecule has 1 unspecified atom stereocenters. The molecule has 0 bridgehead atoms. The summed E-state index contributed by atoms with van der Waals surface area (Å²) in [5.74, 6) is 2.16. The summed E-state index contributed by atoms with van der Waals surface area (Å²) < 4.78 is 11.1. The first kappa shape index (κ1) is 33.5. The van der Waals surface area contributed by atoms with Gasteiger partial charge in [-0.15, -0.1) is 0 Å². The molecule has 2 aromatic heterocycles. The Morgan fingerprint density at radius 3 is 2.62 bits per heavy atom. The summed E-state index contributed by atoms with van der Waals surface area (Å²) in [5, 5.41) is 14.5. The lowest BCUT2D eigenvalue weighted by atomic mass is 9.92. The predicted molar refractivity (Wildman–Crippen MR) is 195 cm³/mol. The molecule has 4 N–H and O–H groups in total. The number of likely N-dealkylation sites (tertiary alicyclic amines) is 2. The summed E-state index contributed by atoms with van der Waals surface area (Å²) in [6, 6.07) is 13.3. The van der Waals surface area contributed by atoms with Crippen LogP contribution >= 0.6 is 0 Å². The fourth-order valence-electron chi connectivity index (χ4n) is 8.29. The van der Waals surface area contributed by atoms with Gasteiger partial charge in [-0.2, -0.15) is 0 Å². The van der Waals surface area contributed by atoms with E-state index in [1.165, 1.54) is 12.0 Å². The Labute approximate surface area is 300 Å². The van der Waals surface area contributed by atoms with Crippen LogP contribution in [0.2, 0.25) is 0 Å². The molecule has 270 valence electrons. The number of alkyl carbamates (subject to hydrolysis) is 1. The second kappa shape index (κ2) is 12.9. The molecule has 5 heterocycles. The average molecular weight is 706 g/mol. The van der Waals surface area contributed by atoms with Gasteiger partial charge in [-0.1, -0.05) is 39.0 Å². The van der Waals surface area contributed by atoms with Crippen molar-refractivity contribution in [2.24, 2.45) is 11.8 Å². The smallest absolute Gasteiger partial charge is 0.407 e. The van der Waals surface area contributed by atoms with Crippen molar-refractivity contribution < 1.29 is 29.0 Å². The number of carbonyl (C=O) groups is 3. The van der Waals surface area contributed by atoms with E-state index < -0.39 is 18.2 Å². The van der Waals surface area contributed by atoms with Crippen molar-refractivity contribution in [2.75, 3.05) is 13.7 Å². The molecule has 13 nitrogen and oxygen atoms in total. The molecule has 3 amide bonds. The molecule has 0 saturated carbocycles. The standard InChI is InChI=1S/C39H43N7O6/c1-19(2)33(44-38(48)51-5)37(47)46-21(4)6-11-30(46)35-40-16-29(42-35)23-7-9-25-24(13-23)18-52-32-15-26-22(14-27(25)32)8-10-28-34(26)43-36(41-28)31-12-20(3)17-45(31)39(49)50/h7-10,13-16,19-21,30-31,33H,6,11-12,17-18H2,1-5H3,(H,40,42)(H,41,43)(H,44,48)(H,49,50)/t20-,21?,30-,31-,33-/m0/s1. The first-order chi connectivity index (χ1) is 25.0. The van der Waals surface area contributed by atoms with Crippen LogP contribution < -0.4 is 10.1 Å². The van der Waals surface area contributed by atoms with E-state index in [2.05, 4.69) is 58.6 Å². The minimum atomic E-state index is -0.926. The number of amides is 3. The van der Waals surface area contributed by atoms with Crippen molar-refractivity contribution >= 4 is 39.9 Å². The van der Waals surface area contributed by atoms with Crippen LogP contribution in [0.1, 0.15) is 76.3 Å². The van der Waals surface area contributed by atoms with Crippen molar-refractivity contribution in [1.82, 2.24) is 35.1 Å². The number of aromatic amines is 2. The number of nitrogens with one attached hydrogen (secondary N) is 3. The number of carbonyl (C=O) groups excluding carboxylic acids is 2. The van der Waals surface area contributed by atoms with Crippen molar-refractivity contribution in [3.8, 4) is 28.1 Å². The van der Waals surface area contributed by atoms with Gasteiger partial charge in [-0.25, -0.2) is 19.6 Å². The molecule has 3 aromatic carbocycles. The minimum absolute atomic E-state index is 0.00591. The van der Waals surface area contributed by atoms with Crippen molar-refractivity contribution in [1.29, 1.82) is 0 Å². The summed E-state index contributed by atoms with van der Waals surface area (Å²) in [4.78, 5) is 57.6. The SMILES string of the molecule is COC(=O)N[C@H](C(=O)N1C(C)CC[C@H]1c1ncc(-c2ccc3c(c2)COc2cc4c(ccc5nc([C@@H]6C[C@H](C)CN6C(=O)O)[nH]c54)cc2-3)[nH]1)C(C)C. The number of methoxy groups -OCH3 is 1. The van der Waals surface area contributed by atoms with Gasteiger partial charge in [0, 0.05) is 23.5 Å². The van der Waals surface area contributed by atoms with E-state index in [9.17, 15) is 19.5 Å². The molecule has 5 aromatic rings. The highest BCUT2D eigenvalue weighted by Gasteiger charge is 2.41. The zero-order chi connectivity index (χ0) is 36.4. The van der Waals surface area contributed by atoms with E-state index in [4.69, 9.17) is 19.4 Å². The number of ether oxygens (including phenoxy) is 2. The van der Waals surface area contributed by atoms with E-state index in [0.29, 0.717) is 24.8 Å². The fraction of sp³-hybridized carbons (Fsp3) is 0.410. The first-order valence-electron chi connectivity index (χ1n) is 17.9. The molecule has 13 heteroatoms. The highest BCUT2D eigenvalue weighted by Crippen LogP contribution is 2.44. The Morgan fingerprint density at radius 2 is 1.85 bits per heavy atom. The number of H-pyrrole nitrogens is 2. The summed E-state index contributed by atoms with van der Waals surface area (Å²) in [6.07, 6.45) is 2.58. The van der Waals surface area contributed by atoms with Gasteiger partial charge in [0.1, 0.15) is 30.0 Å². The maximum atomic E-state index is 13.8. The fourth-order valence-corrected chi connectivity index (χ4v) is 8.29. The monoisotopic (exact) mass is 705 g/mol. The van der Waals surface area contributed by atoms with E-state index >= 15 is 0 Å². The molecule has 2 fully saturated rings. The number of carboxylic acid groups (broad SMARTS) is 1. The van der Waals surface area contributed by atoms with Crippen LogP contribution in [0.3, 0.4) is 0 Å². The van der Waals surface area contributed by atoms with Crippen molar-refractivity contribution in [2.45, 2.75) is 77.7 Å². The third kappa shape index (κ3) is 5.68. The van der Waals surface area contributed by atoms with Crippen LogP contribution in [-0.4, -0.2) is 78.7 Å². The van der Waals surface area contributed by atoms with Crippen LogP contribution in [0, 0.1) is 11.8 Å². The third-order valence-electron chi connectivity index (χ3n) is 11.0. The maximum absolute atomic E-state index is 13.8. The molecule has 8 rings (SSSR count). The van der Waals surface area contributed by atoms with Gasteiger partial charge >= 0.3 is 12.2 Å². The number of fused-ring (bicyclic) bond motifs is 6. The number of rotatable bonds is 6. The lowest BCUT2D eigenvalue weighted by Gasteiger charge is -2.32. The van der Waals surface area contributed by atoms with Gasteiger partial charge < -0.3 is 34.8 Å². The number of nitrogens with zero attached hydrogens (tertiary/aromatic N) is 4. The Hall–Kier alpha value is -5.59. The van der Waals surface area contributed by atoms with Crippen LogP contribution in [0.15, 0.2) is 48.7 Å². The third-order valence-corrected chi connectivity index (χ3v) is 11.0. The molecule has 3 aliphatic rings. The van der Waals surface area contributed by atoms with Gasteiger partial charge in [0.15, 0.2) is 0 Å². The predicted octanol–water partition coefficient (Wildman–Crippen LogP) is 7.16. The molecular formula is C39H43N7O6. The number of hydrogen-bond acceptors (Lipinski definition) is 7. The summed E-state index contributed by atoms with van der Waals surface area (Å²) >= 11 is 0. The normalized spacial score (nSPS) is 21.7. The second-order valence-corrected chi connectivity index (χ2v) is 14.8. The van der Waals surface area contributed by atoms with Crippen LogP contribution in [0.5, 0.6) is 5.75 Å². The highest BCUT2D eigenvalue weighted by molar-refractivity contribution is 6.07. The number of benzene rings is 3.